The first-order chi connectivity index (χ1) is 9.42. The van der Waals surface area contributed by atoms with E-state index < -0.39 is 4.92 Å². The van der Waals surface area contributed by atoms with E-state index in [4.69, 9.17) is 10.5 Å². The van der Waals surface area contributed by atoms with Crippen LogP contribution in [-0.2, 0) is 0 Å². The molecule has 0 aliphatic heterocycles. The lowest BCUT2D eigenvalue weighted by Crippen LogP contribution is -1.98. The van der Waals surface area contributed by atoms with Gasteiger partial charge in [0.05, 0.1) is 23.8 Å². The molecular formula is C14H15N3O3. The van der Waals surface area contributed by atoms with Gasteiger partial charge in [-0.05, 0) is 37.1 Å². The molecule has 20 heavy (non-hydrogen) atoms. The number of benzene rings is 1. The number of rotatable bonds is 3. The van der Waals surface area contributed by atoms with E-state index in [0.717, 1.165) is 22.4 Å². The summed E-state index contributed by atoms with van der Waals surface area (Å²) in [4.78, 5) is 14.6. The molecule has 0 saturated heterocycles. The number of aromatic nitrogens is 1. The Kier molecular flexibility index (Phi) is 3.56. The van der Waals surface area contributed by atoms with Gasteiger partial charge in [-0.3, -0.25) is 10.1 Å². The molecule has 0 atom stereocenters. The van der Waals surface area contributed by atoms with Crippen molar-refractivity contribution < 1.29 is 9.66 Å². The lowest BCUT2D eigenvalue weighted by atomic mass is 10.0. The molecule has 1 aromatic heterocycles. The predicted octanol–water partition coefficient (Wildman–Crippen LogP) is 2.86. The second-order valence-electron chi connectivity index (χ2n) is 4.53. The van der Waals surface area contributed by atoms with Crippen LogP contribution in [0.1, 0.15) is 11.1 Å². The van der Waals surface area contributed by atoms with Crippen LogP contribution < -0.4 is 10.5 Å². The number of nitrogens with two attached hydrogens (primary N) is 1. The highest BCUT2D eigenvalue weighted by Gasteiger charge is 2.14. The van der Waals surface area contributed by atoms with E-state index in [1.54, 1.807) is 7.11 Å². The van der Waals surface area contributed by atoms with Gasteiger partial charge in [0.25, 0.3) is 5.69 Å². The Morgan fingerprint density at radius 2 is 1.90 bits per heavy atom. The molecule has 6 nitrogen and oxygen atoms in total. The Labute approximate surface area is 116 Å². The van der Waals surface area contributed by atoms with Gasteiger partial charge >= 0.3 is 0 Å². The summed E-state index contributed by atoms with van der Waals surface area (Å²) in [5.41, 5.74) is 8.71. The maximum atomic E-state index is 10.9. The van der Waals surface area contributed by atoms with Gasteiger partial charge in [-0.2, -0.15) is 0 Å². The van der Waals surface area contributed by atoms with Crippen LogP contribution in [0, 0.1) is 24.0 Å². The first kappa shape index (κ1) is 13.8. The van der Waals surface area contributed by atoms with E-state index in [-0.39, 0.29) is 11.5 Å². The molecule has 0 aliphatic carbocycles. The lowest BCUT2D eigenvalue weighted by molar-refractivity contribution is -0.384. The van der Waals surface area contributed by atoms with Gasteiger partial charge in [-0.15, -0.1) is 0 Å². The molecule has 1 aromatic carbocycles. The van der Waals surface area contributed by atoms with Crippen LogP contribution in [0.5, 0.6) is 5.75 Å². The zero-order chi connectivity index (χ0) is 14.9. The number of hydrogen-bond acceptors (Lipinski definition) is 5. The van der Waals surface area contributed by atoms with Crippen molar-refractivity contribution >= 4 is 11.5 Å². The summed E-state index contributed by atoms with van der Waals surface area (Å²) >= 11 is 0. The minimum Gasteiger partial charge on any atom is -0.496 e. The molecule has 2 N–H and O–H groups in total. The quantitative estimate of drug-likeness (QED) is 0.685. The maximum absolute atomic E-state index is 10.9. The maximum Gasteiger partial charge on any atom is 0.275 e. The number of nitrogen functional groups attached to an aromatic ring is 1. The summed E-state index contributed by atoms with van der Waals surface area (Å²) in [6.07, 6.45) is 0. The van der Waals surface area contributed by atoms with Crippen molar-refractivity contribution in [3.05, 3.63) is 45.5 Å². The highest BCUT2D eigenvalue weighted by molar-refractivity contribution is 5.69. The van der Waals surface area contributed by atoms with Crippen LogP contribution in [0.2, 0.25) is 0 Å². The summed E-state index contributed by atoms with van der Waals surface area (Å²) < 4.78 is 5.25. The minimum absolute atomic E-state index is 0.0691. The van der Waals surface area contributed by atoms with Crippen molar-refractivity contribution in [2.75, 3.05) is 12.8 Å². The highest BCUT2D eigenvalue weighted by Crippen LogP contribution is 2.31. The predicted molar refractivity (Wildman–Crippen MR) is 76.8 cm³/mol. The van der Waals surface area contributed by atoms with E-state index in [1.807, 2.05) is 26.0 Å². The van der Waals surface area contributed by atoms with Gasteiger partial charge in [0.1, 0.15) is 11.6 Å². The summed E-state index contributed by atoms with van der Waals surface area (Å²) in [7, 11) is 1.60. The standard InChI is InChI=1S/C14H15N3O3/c1-8-5-13(20-3)9(2)4-11(8)12-6-10(17(18)19)7-14(15)16-12/h4-7H,1-3H3,(H2,15,16). The molecule has 6 heteroatoms. The van der Waals surface area contributed by atoms with E-state index in [2.05, 4.69) is 4.98 Å². The van der Waals surface area contributed by atoms with Crippen molar-refractivity contribution in [3.63, 3.8) is 0 Å². The molecular weight excluding hydrogens is 258 g/mol. The molecule has 0 radical (unpaired) electrons. The Hall–Kier alpha value is -2.63. The first-order valence-electron chi connectivity index (χ1n) is 6.00. The normalized spacial score (nSPS) is 10.3. The van der Waals surface area contributed by atoms with Crippen LogP contribution in [-0.4, -0.2) is 17.0 Å². The van der Waals surface area contributed by atoms with Gasteiger partial charge in [-0.25, -0.2) is 4.98 Å². The number of nitro groups is 1. The summed E-state index contributed by atoms with van der Waals surface area (Å²) in [5.74, 6) is 0.895. The number of anilines is 1. The van der Waals surface area contributed by atoms with Crippen LogP contribution in [0.4, 0.5) is 11.5 Å². The van der Waals surface area contributed by atoms with Crippen LogP contribution in [0.3, 0.4) is 0 Å². The lowest BCUT2D eigenvalue weighted by Gasteiger charge is -2.11. The van der Waals surface area contributed by atoms with Gasteiger partial charge < -0.3 is 10.5 Å². The monoisotopic (exact) mass is 273 g/mol. The Morgan fingerprint density at radius 3 is 2.50 bits per heavy atom. The molecule has 1 heterocycles. The fraction of sp³-hybridized carbons (Fsp3) is 0.214. The van der Waals surface area contributed by atoms with Crippen molar-refractivity contribution in [2.24, 2.45) is 0 Å². The minimum atomic E-state index is -0.479. The number of aryl methyl sites for hydroxylation is 2. The SMILES string of the molecule is COc1cc(C)c(-c2cc([N+](=O)[O-])cc(N)n2)cc1C. The fourth-order valence-corrected chi connectivity index (χ4v) is 2.07. The summed E-state index contributed by atoms with van der Waals surface area (Å²) in [6, 6.07) is 6.43. The topological polar surface area (TPSA) is 91.3 Å². The Bertz CT molecular complexity index is 684. The van der Waals surface area contributed by atoms with Gasteiger partial charge in [0.2, 0.25) is 0 Å². The molecule has 0 aliphatic rings. The molecule has 104 valence electrons. The molecule has 2 aromatic rings. The largest absolute Gasteiger partial charge is 0.496 e. The molecule has 0 saturated carbocycles. The molecule has 0 amide bonds. The molecule has 0 spiro atoms. The third-order valence-electron chi connectivity index (χ3n) is 3.06. The smallest absolute Gasteiger partial charge is 0.275 e. The van der Waals surface area contributed by atoms with E-state index in [9.17, 15) is 10.1 Å². The van der Waals surface area contributed by atoms with Crippen molar-refractivity contribution in [3.8, 4) is 17.0 Å². The number of pyridine rings is 1. The van der Waals surface area contributed by atoms with Crippen molar-refractivity contribution in [1.29, 1.82) is 0 Å². The summed E-state index contributed by atoms with van der Waals surface area (Å²) in [5, 5.41) is 10.9. The van der Waals surface area contributed by atoms with Gasteiger partial charge in [0, 0.05) is 11.6 Å². The van der Waals surface area contributed by atoms with Crippen LogP contribution in [0.25, 0.3) is 11.3 Å². The first-order valence-corrected chi connectivity index (χ1v) is 6.00. The Balaban J connectivity index is 2.62. The average molecular weight is 273 g/mol. The third kappa shape index (κ3) is 2.54. The Morgan fingerprint density at radius 1 is 1.20 bits per heavy atom. The third-order valence-corrected chi connectivity index (χ3v) is 3.06. The van der Waals surface area contributed by atoms with E-state index in [1.165, 1.54) is 12.1 Å². The highest BCUT2D eigenvalue weighted by atomic mass is 16.6. The number of methoxy groups -OCH3 is 1. The van der Waals surface area contributed by atoms with Gasteiger partial charge in [-0.1, -0.05) is 0 Å². The number of nitrogens with zero attached hydrogens (tertiary/aromatic N) is 2. The second kappa shape index (κ2) is 5.16. The van der Waals surface area contributed by atoms with Crippen LogP contribution >= 0.6 is 0 Å². The average Bonchev–Trinajstić information content (AvgIpc) is 2.40. The zero-order valence-corrected chi connectivity index (χ0v) is 11.5. The van der Waals surface area contributed by atoms with Crippen LogP contribution in [0.15, 0.2) is 24.3 Å². The van der Waals surface area contributed by atoms with Gasteiger partial charge in [0.15, 0.2) is 0 Å². The molecule has 0 fully saturated rings. The molecule has 2 rings (SSSR count). The van der Waals surface area contributed by atoms with E-state index >= 15 is 0 Å². The number of ether oxygens (including phenoxy) is 1. The second-order valence-corrected chi connectivity index (χ2v) is 4.53. The fourth-order valence-electron chi connectivity index (χ4n) is 2.07. The van der Waals surface area contributed by atoms with E-state index in [0.29, 0.717) is 5.69 Å². The zero-order valence-electron chi connectivity index (χ0n) is 11.5. The molecule has 0 bridgehead atoms. The molecule has 0 unspecified atom stereocenters. The van der Waals surface area contributed by atoms with Crippen molar-refractivity contribution in [2.45, 2.75) is 13.8 Å². The van der Waals surface area contributed by atoms with Crippen molar-refractivity contribution in [1.82, 2.24) is 4.98 Å². The summed E-state index contributed by atoms with van der Waals surface area (Å²) in [6.45, 7) is 3.80. The number of hydrogen-bond donors (Lipinski definition) is 1.